The second-order valence-electron chi connectivity index (χ2n) is 3.38. The zero-order chi connectivity index (χ0) is 10.8. The molecule has 0 radical (unpaired) electrons. The van der Waals surface area contributed by atoms with Gasteiger partial charge in [0, 0.05) is 18.9 Å². The van der Waals surface area contributed by atoms with E-state index in [0.717, 1.165) is 11.3 Å². The van der Waals surface area contributed by atoms with Crippen LogP contribution in [0.15, 0.2) is 30.6 Å². The number of aromatic nitrogens is 2. The monoisotopic (exact) mass is 205 g/mol. The normalized spacial score (nSPS) is 10.3. The molecule has 0 aliphatic heterocycles. The Kier molecular flexibility index (Phi) is 2.41. The van der Waals surface area contributed by atoms with Gasteiger partial charge >= 0.3 is 0 Å². The molecule has 0 aliphatic carbocycles. The van der Waals surface area contributed by atoms with Crippen molar-refractivity contribution in [2.24, 2.45) is 0 Å². The first-order chi connectivity index (χ1) is 7.20. The molecular weight excluding hydrogens is 193 g/mol. The SMILES string of the molecule is CNc1ccc(-n2cc(C)cn2)c(F)c1. The smallest absolute Gasteiger partial charge is 0.150 e. The average molecular weight is 205 g/mol. The lowest BCUT2D eigenvalue weighted by Gasteiger charge is -2.05. The summed E-state index contributed by atoms with van der Waals surface area (Å²) in [4.78, 5) is 0. The van der Waals surface area contributed by atoms with E-state index < -0.39 is 0 Å². The second-order valence-corrected chi connectivity index (χ2v) is 3.38. The number of halogens is 1. The van der Waals surface area contributed by atoms with Crippen molar-refractivity contribution in [1.29, 1.82) is 0 Å². The number of nitrogens with one attached hydrogen (secondary N) is 1. The molecule has 1 aromatic carbocycles. The summed E-state index contributed by atoms with van der Waals surface area (Å²) in [5.41, 5.74) is 2.22. The Bertz CT molecular complexity index is 476. The Hall–Kier alpha value is -1.84. The lowest BCUT2D eigenvalue weighted by Crippen LogP contribution is -1.99. The second kappa shape index (κ2) is 3.73. The van der Waals surface area contributed by atoms with Crippen molar-refractivity contribution in [2.75, 3.05) is 12.4 Å². The van der Waals surface area contributed by atoms with Gasteiger partial charge in [-0.15, -0.1) is 0 Å². The van der Waals surface area contributed by atoms with Gasteiger partial charge in [0.25, 0.3) is 0 Å². The highest BCUT2D eigenvalue weighted by atomic mass is 19.1. The number of nitrogens with zero attached hydrogens (tertiary/aromatic N) is 2. The molecule has 0 saturated carbocycles. The largest absolute Gasteiger partial charge is 0.388 e. The van der Waals surface area contributed by atoms with E-state index in [1.807, 2.05) is 13.0 Å². The van der Waals surface area contributed by atoms with Crippen molar-refractivity contribution < 1.29 is 4.39 Å². The average Bonchev–Trinajstić information content (AvgIpc) is 2.64. The van der Waals surface area contributed by atoms with Crippen LogP contribution in [-0.4, -0.2) is 16.8 Å². The third-order valence-electron chi connectivity index (χ3n) is 2.19. The Labute approximate surface area is 87.5 Å². The highest BCUT2D eigenvalue weighted by Crippen LogP contribution is 2.17. The minimum atomic E-state index is -0.287. The minimum absolute atomic E-state index is 0.287. The lowest BCUT2D eigenvalue weighted by molar-refractivity contribution is 0.611. The van der Waals surface area contributed by atoms with Gasteiger partial charge in [-0.25, -0.2) is 9.07 Å². The zero-order valence-electron chi connectivity index (χ0n) is 8.66. The van der Waals surface area contributed by atoms with Gasteiger partial charge in [0.05, 0.1) is 6.20 Å². The number of hydrogen-bond acceptors (Lipinski definition) is 2. The molecular formula is C11H12FN3. The highest BCUT2D eigenvalue weighted by molar-refractivity contribution is 5.49. The Balaban J connectivity index is 2.45. The van der Waals surface area contributed by atoms with Crippen molar-refractivity contribution in [3.8, 4) is 5.69 Å². The topological polar surface area (TPSA) is 29.9 Å². The van der Waals surface area contributed by atoms with Crippen molar-refractivity contribution in [2.45, 2.75) is 6.92 Å². The maximum absolute atomic E-state index is 13.6. The molecule has 78 valence electrons. The summed E-state index contributed by atoms with van der Waals surface area (Å²) in [5, 5.41) is 6.94. The van der Waals surface area contributed by atoms with Gasteiger partial charge in [-0.1, -0.05) is 0 Å². The van der Waals surface area contributed by atoms with E-state index >= 15 is 0 Å². The van der Waals surface area contributed by atoms with E-state index in [1.165, 1.54) is 10.7 Å². The molecule has 0 fully saturated rings. The molecule has 3 nitrogen and oxygen atoms in total. The third-order valence-corrected chi connectivity index (χ3v) is 2.19. The van der Waals surface area contributed by atoms with Crippen molar-refractivity contribution in [3.63, 3.8) is 0 Å². The van der Waals surface area contributed by atoms with Crippen LogP contribution in [0.3, 0.4) is 0 Å². The first kappa shape index (κ1) is 9.71. The van der Waals surface area contributed by atoms with Gasteiger partial charge in [0.1, 0.15) is 5.69 Å². The number of anilines is 1. The quantitative estimate of drug-likeness (QED) is 0.815. The maximum atomic E-state index is 13.6. The van der Waals surface area contributed by atoms with E-state index in [0.29, 0.717) is 5.69 Å². The van der Waals surface area contributed by atoms with Crippen LogP contribution < -0.4 is 5.32 Å². The molecule has 0 atom stereocenters. The molecule has 1 aromatic heterocycles. The number of rotatable bonds is 2. The van der Waals surface area contributed by atoms with Gasteiger partial charge in [-0.3, -0.25) is 0 Å². The molecule has 0 spiro atoms. The number of benzene rings is 1. The first-order valence-electron chi connectivity index (χ1n) is 4.69. The molecule has 4 heteroatoms. The molecule has 2 rings (SSSR count). The summed E-state index contributed by atoms with van der Waals surface area (Å²) < 4.78 is 15.2. The summed E-state index contributed by atoms with van der Waals surface area (Å²) in [6.07, 6.45) is 3.49. The fourth-order valence-electron chi connectivity index (χ4n) is 1.39. The summed E-state index contributed by atoms with van der Waals surface area (Å²) in [6.45, 7) is 1.92. The molecule has 0 aliphatic rings. The van der Waals surface area contributed by atoms with Crippen LogP contribution in [0.4, 0.5) is 10.1 Å². The van der Waals surface area contributed by atoms with Crippen LogP contribution in [0.2, 0.25) is 0 Å². The van der Waals surface area contributed by atoms with Gasteiger partial charge in [-0.2, -0.15) is 5.10 Å². The Morgan fingerprint density at radius 1 is 1.40 bits per heavy atom. The predicted octanol–water partition coefficient (Wildman–Crippen LogP) is 2.36. The van der Waals surface area contributed by atoms with Gasteiger partial charge < -0.3 is 5.32 Å². The molecule has 0 bridgehead atoms. The standard InChI is InChI=1S/C11H12FN3/c1-8-6-14-15(7-8)11-4-3-9(13-2)5-10(11)12/h3-7,13H,1-2H3. The van der Waals surface area contributed by atoms with Crippen LogP contribution >= 0.6 is 0 Å². The van der Waals surface area contributed by atoms with E-state index in [4.69, 9.17) is 0 Å². The molecule has 15 heavy (non-hydrogen) atoms. The van der Waals surface area contributed by atoms with Crippen molar-refractivity contribution >= 4 is 5.69 Å². The van der Waals surface area contributed by atoms with E-state index in [-0.39, 0.29) is 5.82 Å². The minimum Gasteiger partial charge on any atom is -0.388 e. The van der Waals surface area contributed by atoms with Crippen LogP contribution in [-0.2, 0) is 0 Å². The van der Waals surface area contributed by atoms with Crippen molar-refractivity contribution in [3.05, 3.63) is 42.0 Å². The van der Waals surface area contributed by atoms with Gasteiger partial charge in [-0.05, 0) is 30.7 Å². The molecule has 0 amide bonds. The van der Waals surface area contributed by atoms with Crippen molar-refractivity contribution in [1.82, 2.24) is 9.78 Å². The summed E-state index contributed by atoms with van der Waals surface area (Å²) in [6, 6.07) is 4.97. The Morgan fingerprint density at radius 2 is 2.20 bits per heavy atom. The van der Waals surface area contributed by atoms with E-state index in [2.05, 4.69) is 10.4 Å². The molecule has 1 heterocycles. The van der Waals surface area contributed by atoms with Crippen LogP contribution in [0.1, 0.15) is 5.56 Å². The summed E-state index contributed by atoms with van der Waals surface area (Å²) >= 11 is 0. The summed E-state index contributed by atoms with van der Waals surface area (Å²) in [5.74, 6) is -0.287. The summed E-state index contributed by atoms with van der Waals surface area (Å²) in [7, 11) is 1.76. The predicted molar refractivity (Wildman–Crippen MR) is 57.8 cm³/mol. The lowest BCUT2D eigenvalue weighted by atomic mass is 10.2. The highest BCUT2D eigenvalue weighted by Gasteiger charge is 2.05. The van der Waals surface area contributed by atoms with Crippen LogP contribution in [0, 0.1) is 12.7 Å². The zero-order valence-corrected chi connectivity index (χ0v) is 8.66. The number of aryl methyl sites for hydroxylation is 1. The molecule has 2 aromatic rings. The molecule has 0 saturated heterocycles. The van der Waals surface area contributed by atoms with Gasteiger partial charge in [0.2, 0.25) is 0 Å². The third kappa shape index (κ3) is 1.83. The molecule has 1 N–H and O–H groups in total. The van der Waals surface area contributed by atoms with Crippen LogP contribution in [0.5, 0.6) is 0 Å². The van der Waals surface area contributed by atoms with Gasteiger partial charge in [0.15, 0.2) is 5.82 Å². The maximum Gasteiger partial charge on any atom is 0.150 e. The fraction of sp³-hybridized carbons (Fsp3) is 0.182. The van der Waals surface area contributed by atoms with E-state index in [9.17, 15) is 4.39 Å². The number of hydrogen-bond donors (Lipinski definition) is 1. The Morgan fingerprint density at radius 3 is 2.73 bits per heavy atom. The van der Waals surface area contributed by atoms with E-state index in [1.54, 1.807) is 25.5 Å². The molecule has 0 unspecified atom stereocenters. The fourth-order valence-corrected chi connectivity index (χ4v) is 1.39. The van der Waals surface area contributed by atoms with Crippen LogP contribution in [0.25, 0.3) is 5.69 Å². The first-order valence-corrected chi connectivity index (χ1v) is 4.69.